The summed E-state index contributed by atoms with van der Waals surface area (Å²) in [5.41, 5.74) is 6.54. The summed E-state index contributed by atoms with van der Waals surface area (Å²) in [4.78, 5) is 59.7. The maximum atomic E-state index is 12.1. The molecule has 13 nitrogen and oxygen atoms in total. The zero-order valence-corrected chi connectivity index (χ0v) is 14.7. The molecule has 13 heteroatoms. The summed E-state index contributed by atoms with van der Waals surface area (Å²) in [7, 11) is 0. The summed E-state index contributed by atoms with van der Waals surface area (Å²) >= 11 is 0. The van der Waals surface area contributed by atoms with Crippen molar-refractivity contribution in [2.24, 2.45) is 0 Å². The number of carbonyl (C=O) groups excluding carboxylic acids is 2. The van der Waals surface area contributed by atoms with Gasteiger partial charge in [-0.15, -0.1) is 5.01 Å². The summed E-state index contributed by atoms with van der Waals surface area (Å²) in [5, 5.41) is 0.626. The molecule has 0 radical (unpaired) electrons. The van der Waals surface area contributed by atoms with Gasteiger partial charge in [0.25, 0.3) is 11.1 Å². The van der Waals surface area contributed by atoms with Crippen molar-refractivity contribution in [2.75, 3.05) is 17.0 Å². The topological polar surface area (TPSA) is 174 Å². The molecule has 0 fully saturated rings. The van der Waals surface area contributed by atoms with E-state index in [1.165, 1.54) is 12.1 Å². The van der Waals surface area contributed by atoms with E-state index in [-0.39, 0.29) is 18.5 Å². The quantitative estimate of drug-likeness (QED) is 0.450. The largest absolute Gasteiger partial charge is 0.448 e. The Morgan fingerprint density at radius 3 is 2.33 bits per heavy atom. The third-order valence-electron chi connectivity index (χ3n) is 2.90. The van der Waals surface area contributed by atoms with Crippen LogP contribution in [0.2, 0.25) is 0 Å². The van der Waals surface area contributed by atoms with Gasteiger partial charge in [-0.1, -0.05) is 0 Å². The van der Waals surface area contributed by atoms with Gasteiger partial charge in [0.05, 0.1) is 6.61 Å². The molecule has 144 valence electrons. The highest BCUT2D eigenvalue weighted by Gasteiger charge is 2.22. The Morgan fingerprint density at radius 1 is 1.11 bits per heavy atom. The lowest BCUT2D eigenvalue weighted by molar-refractivity contribution is 0.156. The Morgan fingerprint density at radius 2 is 1.74 bits per heavy atom. The molecule has 0 aliphatic carbocycles. The first-order valence-electron chi connectivity index (χ1n) is 7.74. The van der Waals surface area contributed by atoms with Gasteiger partial charge in [-0.05, 0) is 20.8 Å². The van der Waals surface area contributed by atoms with Crippen molar-refractivity contribution in [1.82, 2.24) is 30.8 Å². The molecule has 2 heterocycles. The second-order valence-corrected chi connectivity index (χ2v) is 5.17. The fourth-order valence-corrected chi connectivity index (χ4v) is 1.93. The average Bonchev–Trinajstić information content (AvgIpc) is 2.56. The lowest BCUT2D eigenvalue weighted by atomic mass is 10.4. The van der Waals surface area contributed by atoms with Gasteiger partial charge in [-0.3, -0.25) is 25.0 Å². The van der Waals surface area contributed by atoms with Gasteiger partial charge in [0.2, 0.25) is 11.9 Å². The van der Waals surface area contributed by atoms with E-state index in [1.807, 2.05) is 0 Å². The number of aryl methyl sites for hydroxylation is 2. The van der Waals surface area contributed by atoms with Crippen molar-refractivity contribution in [3.63, 3.8) is 0 Å². The third-order valence-corrected chi connectivity index (χ3v) is 2.90. The van der Waals surface area contributed by atoms with Gasteiger partial charge in [-0.2, -0.15) is 0 Å². The molecule has 0 aliphatic rings. The number of aromatic amines is 2. The van der Waals surface area contributed by atoms with E-state index >= 15 is 0 Å². The Kier molecular flexibility index (Phi) is 6.09. The first kappa shape index (κ1) is 19.4. The van der Waals surface area contributed by atoms with Crippen molar-refractivity contribution in [1.29, 1.82) is 0 Å². The van der Waals surface area contributed by atoms with E-state index in [1.54, 1.807) is 20.8 Å². The van der Waals surface area contributed by atoms with E-state index in [9.17, 15) is 19.2 Å². The summed E-state index contributed by atoms with van der Waals surface area (Å²) in [6, 6.07) is 1.57. The lowest BCUT2D eigenvalue weighted by Gasteiger charge is -2.21. The zero-order valence-electron chi connectivity index (χ0n) is 14.7. The van der Waals surface area contributed by atoms with E-state index in [0.29, 0.717) is 16.4 Å². The molecule has 0 aliphatic heterocycles. The van der Waals surface area contributed by atoms with Crippen LogP contribution in [0.25, 0.3) is 0 Å². The number of aromatic nitrogens is 4. The molecular formula is C14H18N8O5. The van der Waals surface area contributed by atoms with Crippen molar-refractivity contribution in [3.05, 3.63) is 44.2 Å². The number of urea groups is 1. The molecule has 3 amide bonds. The number of hydrogen-bond donors (Lipinski definition) is 5. The fourth-order valence-electron chi connectivity index (χ4n) is 1.93. The van der Waals surface area contributed by atoms with E-state index in [0.717, 1.165) is 0 Å². The van der Waals surface area contributed by atoms with Crippen molar-refractivity contribution >= 4 is 24.0 Å². The number of hydrogen-bond acceptors (Lipinski definition) is 8. The van der Waals surface area contributed by atoms with Crippen LogP contribution in [0.1, 0.15) is 18.3 Å². The smallest absolute Gasteiger partial charge is 0.436 e. The number of anilines is 2. The van der Waals surface area contributed by atoms with Crippen molar-refractivity contribution in [2.45, 2.75) is 20.8 Å². The van der Waals surface area contributed by atoms with E-state index in [4.69, 9.17) is 4.74 Å². The van der Waals surface area contributed by atoms with Crippen LogP contribution in [0.4, 0.5) is 21.5 Å². The SMILES string of the molecule is CCOC(=O)N(NC(=O)NNc1nc(C)cc(=O)[nH]1)c1nc(C)cc(=O)[nH]1. The zero-order chi connectivity index (χ0) is 20.0. The monoisotopic (exact) mass is 378 g/mol. The van der Waals surface area contributed by atoms with Crippen LogP contribution in [0.5, 0.6) is 0 Å². The van der Waals surface area contributed by atoms with Crippen molar-refractivity contribution in [3.8, 4) is 0 Å². The molecule has 0 aromatic carbocycles. The molecule has 2 rings (SSSR count). The van der Waals surface area contributed by atoms with Gasteiger partial charge in [0.15, 0.2) is 0 Å². The van der Waals surface area contributed by atoms with Crippen LogP contribution in [0, 0.1) is 13.8 Å². The summed E-state index contributed by atoms with van der Waals surface area (Å²) in [5.74, 6) is -0.254. The number of nitrogens with zero attached hydrogens (tertiary/aromatic N) is 3. The second kappa shape index (κ2) is 8.46. The average molecular weight is 378 g/mol. The highest BCUT2D eigenvalue weighted by atomic mass is 16.6. The van der Waals surface area contributed by atoms with Crippen LogP contribution in [-0.2, 0) is 4.74 Å². The first-order chi connectivity index (χ1) is 12.8. The van der Waals surface area contributed by atoms with Crippen LogP contribution in [-0.4, -0.2) is 38.7 Å². The van der Waals surface area contributed by atoms with Gasteiger partial charge in [0.1, 0.15) is 0 Å². The minimum atomic E-state index is -0.969. The molecule has 0 atom stereocenters. The maximum Gasteiger partial charge on any atom is 0.436 e. The number of amides is 3. The second-order valence-electron chi connectivity index (χ2n) is 5.17. The predicted molar refractivity (Wildman–Crippen MR) is 94.0 cm³/mol. The van der Waals surface area contributed by atoms with Crippen molar-refractivity contribution < 1.29 is 14.3 Å². The molecule has 2 aromatic heterocycles. The highest BCUT2D eigenvalue weighted by Crippen LogP contribution is 2.05. The molecule has 0 unspecified atom stereocenters. The Bertz CT molecular complexity index is 953. The summed E-state index contributed by atoms with van der Waals surface area (Å²) < 4.78 is 4.84. The Hall–Kier alpha value is -3.90. The predicted octanol–water partition coefficient (Wildman–Crippen LogP) is -0.326. The molecular weight excluding hydrogens is 360 g/mol. The molecule has 5 N–H and O–H groups in total. The fraction of sp³-hybridized carbons (Fsp3) is 0.286. The van der Waals surface area contributed by atoms with Gasteiger partial charge in [-0.25, -0.2) is 30.4 Å². The Labute approximate surface area is 152 Å². The minimum absolute atomic E-state index is 0.0140. The van der Waals surface area contributed by atoms with E-state index < -0.39 is 23.2 Å². The van der Waals surface area contributed by atoms with E-state index in [2.05, 4.69) is 36.2 Å². The minimum Gasteiger partial charge on any atom is -0.448 e. The number of ether oxygens (including phenoxy) is 1. The molecule has 0 saturated carbocycles. The first-order valence-corrected chi connectivity index (χ1v) is 7.74. The normalized spacial score (nSPS) is 10.0. The number of hydrazine groups is 2. The molecule has 0 bridgehead atoms. The number of rotatable bonds is 4. The van der Waals surface area contributed by atoms with Crippen LogP contribution in [0.3, 0.4) is 0 Å². The summed E-state index contributed by atoms with van der Waals surface area (Å²) in [6.07, 6.45) is -0.969. The summed E-state index contributed by atoms with van der Waals surface area (Å²) in [6.45, 7) is 4.75. The van der Waals surface area contributed by atoms with Crippen LogP contribution in [0.15, 0.2) is 21.7 Å². The van der Waals surface area contributed by atoms with Gasteiger partial charge < -0.3 is 4.74 Å². The standard InChI is InChI=1S/C14H18N8O5/c1-4-27-14(26)22(12-16-8(3)6-10(24)18-12)21-13(25)20-19-11-15-7(2)5-9(23)17-11/h5-6H,4H2,1-3H3,(H,16,18,24)(H2,20,21,25)(H2,15,17,19,23). The maximum absolute atomic E-state index is 12.1. The number of nitrogens with one attached hydrogen (secondary N) is 5. The number of carbonyl (C=O) groups is 2. The van der Waals surface area contributed by atoms with Crippen LogP contribution >= 0.6 is 0 Å². The molecule has 2 aromatic rings. The Balaban J connectivity index is 2.14. The van der Waals surface area contributed by atoms with Crippen LogP contribution < -0.4 is 32.4 Å². The molecule has 0 spiro atoms. The lowest BCUT2D eigenvalue weighted by Crippen LogP contribution is -2.53. The molecule has 0 saturated heterocycles. The number of H-pyrrole nitrogens is 2. The van der Waals surface area contributed by atoms with Gasteiger partial charge in [0, 0.05) is 23.5 Å². The van der Waals surface area contributed by atoms with Gasteiger partial charge >= 0.3 is 12.1 Å². The molecule has 27 heavy (non-hydrogen) atoms. The third kappa shape index (κ3) is 5.55. The highest BCUT2D eigenvalue weighted by molar-refractivity contribution is 5.90.